The first-order valence-electron chi connectivity index (χ1n) is 8.80. The first kappa shape index (κ1) is 18.1. The highest BCUT2D eigenvalue weighted by molar-refractivity contribution is 5.95. The predicted molar refractivity (Wildman–Crippen MR) is 100 cm³/mol. The molecule has 0 heterocycles. The lowest BCUT2D eigenvalue weighted by Crippen LogP contribution is -2.26. The Bertz CT molecular complexity index is 791. The Morgan fingerprint density at radius 1 is 0.962 bits per heavy atom. The van der Waals surface area contributed by atoms with Crippen molar-refractivity contribution in [2.75, 3.05) is 21.3 Å². The molecule has 0 bridgehead atoms. The van der Waals surface area contributed by atoms with Gasteiger partial charge in [-0.25, -0.2) is 0 Å². The Kier molecular flexibility index (Phi) is 5.35. The molecule has 26 heavy (non-hydrogen) atoms. The third kappa shape index (κ3) is 3.47. The first-order valence-corrected chi connectivity index (χ1v) is 8.80. The molecule has 1 aliphatic rings. The van der Waals surface area contributed by atoms with Crippen LogP contribution in [0.5, 0.6) is 17.2 Å². The van der Waals surface area contributed by atoms with Crippen LogP contribution in [-0.2, 0) is 12.8 Å². The van der Waals surface area contributed by atoms with Crippen LogP contribution >= 0.6 is 0 Å². The molecule has 138 valence electrons. The molecule has 0 spiro atoms. The van der Waals surface area contributed by atoms with Crippen LogP contribution in [0.1, 0.15) is 46.4 Å². The van der Waals surface area contributed by atoms with Crippen molar-refractivity contribution in [1.82, 2.24) is 5.32 Å². The van der Waals surface area contributed by atoms with E-state index in [9.17, 15) is 4.79 Å². The van der Waals surface area contributed by atoms with Crippen molar-refractivity contribution in [1.29, 1.82) is 0 Å². The Morgan fingerprint density at radius 3 is 2.23 bits per heavy atom. The molecule has 3 rings (SSSR count). The lowest BCUT2D eigenvalue weighted by molar-refractivity contribution is 0.0939. The lowest BCUT2D eigenvalue weighted by atomic mass is 10.0. The van der Waals surface area contributed by atoms with Gasteiger partial charge in [0.1, 0.15) is 0 Å². The first-order chi connectivity index (χ1) is 12.6. The molecular weight excluding hydrogens is 330 g/mol. The number of carbonyl (C=O) groups excluding carboxylic acids is 1. The number of hydrogen-bond acceptors (Lipinski definition) is 4. The fourth-order valence-electron chi connectivity index (χ4n) is 3.44. The van der Waals surface area contributed by atoms with Crippen LogP contribution in [-0.4, -0.2) is 27.2 Å². The normalized spacial score (nSPS) is 13.7. The van der Waals surface area contributed by atoms with Crippen molar-refractivity contribution in [3.8, 4) is 17.2 Å². The Labute approximate surface area is 154 Å². The number of benzene rings is 2. The van der Waals surface area contributed by atoms with Crippen molar-refractivity contribution in [2.24, 2.45) is 0 Å². The summed E-state index contributed by atoms with van der Waals surface area (Å²) in [5, 5.41) is 3.05. The average molecular weight is 355 g/mol. The lowest BCUT2D eigenvalue weighted by Gasteiger charge is -2.17. The monoisotopic (exact) mass is 355 g/mol. The molecule has 1 amide bonds. The van der Waals surface area contributed by atoms with Crippen LogP contribution < -0.4 is 19.5 Å². The zero-order chi connectivity index (χ0) is 18.7. The maximum absolute atomic E-state index is 12.7. The van der Waals surface area contributed by atoms with Crippen molar-refractivity contribution >= 4 is 5.91 Å². The van der Waals surface area contributed by atoms with Gasteiger partial charge in [-0.3, -0.25) is 4.79 Å². The Morgan fingerprint density at radius 2 is 1.62 bits per heavy atom. The summed E-state index contributed by atoms with van der Waals surface area (Å²) >= 11 is 0. The SMILES string of the molecule is COc1cc(C(=O)NC(C)c2ccc3c(c2)CCC3)cc(OC)c1OC. The quantitative estimate of drug-likeness (QED) is 0.859. The molecular formula is C21H25NO4. The number of hydrogen-bond donors (Lipinski definition) is 1. The summed E-state index contributed by atoms with van der Waals surface area (Å²) in [4.78, 5) is 12.7. The number of amides is 1. The molecule has 5 nitrogen and oxygen atoms in total. The average Bonchev–Trinajstić information content (AvgIpc) is 3.14. The molecule has 1 atom stereocenters. The highest BCUT2D eigenvalue weighted by atomic mass is 16.5. The van der Waals surface area contributed by atoms with Gasteiger partial charge in [-0.2, -0.15) is 0 Å². The Hall–Kier alpha value is -2.69. The van der Waals surface area contributed by atoms with Crippen LogP contribution in [0.15, 0.2) is 30.3 Å². The summed E-state index contributed by atoms with van der Waals surface area (Å²) in [5.41, 5.74) is 4.41. The van der Waals surface area contributed by atoms with Gasteiger partial charge in [0, 0.05) is 5.56 Å². The molecule has 5 heteroatoms. The molecule has 1 aliphatic carbocycles. The van der Waals surface area contributed by atoms with E-state index in [2.05, 4.69) is 23.5 Å². The van der Waals surface area contributed by atoms with E-state index in [1.807, 2.05) is 6.92 Å². The van der Waals surface area contributed by atoms with E-state index in [0.29, 0.717) is 22.8 Å². The molecule has 0 saturated carbocycles. The maximum Gasteiger partial charge on any atom is 0.252 e. The summed E-state index contributed by atoms with van der Waals surface area (Å²) in [6.45, 7) is 1.99. The minimum Gasteiger partial charge on any atom is -0.493 e. The molecule has 2 aromatic rings. The minimum atomic E-state index is -0.183. The van der Waals surface area contributed by atoms with Crippen molar-refractivity contribution in [3.05, 3.63) is 52.6 Å². The van der Waals surface area contributed by atoms with E-state index >= 15 is 0 Å². The van der Waals surface area contributed by atoms with Gasteiger partial charge in [0.05, 0.1) is 27.4 Å². The molecule has 2 aromatic carbocycles. The van der Waals surface area contributed by atoms with Crippen molar-refractivity contribution in [3.63, 3.8) is 0 Å². The number of carbonyl (C=O) groups is 1. The summed E-state index contributed by atoms with van der Waals surface area (Å²) in [6.07, 6.45) is 3.49. The van der Waals surface area contributed by atoms with E-state index in [4.69, 9.17) is 14.2 Å². The van der Waals surface area contributed by atoms with Gasteiger partial charge >= 0.3 is 0 Å². The Balaban J connectivity index is 1.81. The van der Waals surface area contributed by atoms with Crippen LogP contribution in [0.25, 0.3) is 0 Å². The number of nitrogens with one attached hydrogen (secondary N) is 1. The standard InChI is InChI=1S/C21H25NO4/c1-13(15-9-8-14-6-5-7-16(14)10-15)22-21(23)17-11-18(24-2)20(26-4)19(12-17)25-3/h8-13H,5-7H2,1-4H3,(H,22,23). The molecule has 0 radical (unpaired) electrons. The van der Waals surface area contributed by atoms with E-state index < -0.39 is 0 Å². The van der Waals surface area contributed by atoms with Crippen molar-refractivity contribution < 1.29 is 19.0 Å². The van der Waals surface area contributed by atoms with E-state index in [-0.39, 0.29) is 11.9 Å². The molecule has 1 N–H and O–H groups in total. The third-order valence-corrected chi connectivity index (χ3v) is 4.90. The van der Waals surface area contributed by atoms with Gasteiger partial charge in [0.25, 0.3) is 5.91 Å². The topological polar surface area (TPSA) is 56.8 Å². The number of rotatable bonds is 6. The van der Waals surface area contributed by atoms with Gasteiger partial charge in [-0.1, -0.05) is 18.2 Å². The van der Waals surface area contributed by atoms with Gasteiger partial charge in [-0.05, 0) is 55.0 Å². The largest absolute Gasteiger partial charge is 0.493 e. The van der Waals surface area contributed by atoms with Gasteiger partial charge in [0.15, 0.2) is 11.5 Å². The molecule has 0 fully saturated rings. The second kappa shape index (κ2) is 7.68. The zero-order valence-corrected chi connectivity index (χ0v) is 15.7. The number of aryl methyl sites for hydroxylation is 2. The number of fused-ring (bicyclic) bond motifs is 1. The molecule has 0 aliphatic heterocycles. The number of methoxy groups -OCH3 is 3. The third-order valence-electron chi connectivity index (χ3n) is 4.90. The fourth-order valence-corrected chi connectivity index (χ4v) is 3.44. The summed E-state index contributed by atoms with van der Waals surface area (Å²) in [5.74, 6) is 1.21. The second-order valence-electron chi connectivity index (χ2n) is 6.49. The molecule has 0 aromatic heterocycles. The predicted octanol–water partition coefficient (Wildman–Crippen LogP) is 3.69. The van der Waals surface area contributed by atoms with Crippen LogP contribution in [0.3, 0.4) is 0 Å². The van der Waals surface area contributed by atoms with E-state index in [1.165, 1.54) is 38.9 Å². The van der Waals surface area contributed by atoms with Crippen molar-refractivity contribution in [2.45, 2.75) is 32.2 Å². The highest BCUT2D eigenvalue weighted by Gasteiger charge is 2.19. The van der Waals surface area contributed by atoms with Gasteiger partial charge < -0.3 is 19.5 Å². The maximum atomic E-state index is 12.7. The summed E-state index contributed by atoms with van der Waals surface area (Å²) < 4.78 is 16.0. The number of ether oxygens (including phenoxy) is 3. The molecule has 1 unspecified atom stereocenters. The summed E-state index contributed by atoms with van der Waals surface area (Å²) in [7, 11) is 4.61. The summed E-state index contributed by atoms with van der Waals surface area (Å²) in [6, 6.07) is 9.72. The zero-order valence-electron chi connectivity index (χ0n) is 15.7. The highest BCUT2D eigenvalue weighted by Crippen LogP contribution is 2.38. The van der Waals surface area contributed by atoms with Gasteiger partial charge in [0.2, 0.25) is 5.75 Å². The second-order valence-corrected chi connectivity index (χ2v) is 6.49. The molecule has 0 saturated heterocycles. The van der Waals surface area contributed by atoms with E-state index in [1.54, 1.807) is 12.1 Å². The minimum absolute atomic E-state index is 0.0903. The van der Waals surface area contributed by atoms with Crippen LogP contribution in [0, 0.1) is 0 Å². The van der Waals surface area contributed by atoms with Crippen LogP contribution in [0.2, 0.25) is 0 Å². The fraction of sp³-hybridized carbons (Fsp3) is 0.381. The van der Waals surface area contributed by atoms with Gasteiger partial charge in [-0.15, -0.1) is 0 Å². The van der Waals surface area contributed by atoms with Crippen LogP contribution in [0.4, 0.5) is 0 Å². The van der Waals surface area contributed by atoms with E-state index in [0.717, 1.165) is 18.4 Å². The smallest absolute Gasteiger partial charge is 0.252 e.